The van der Waals surface area contributed by atoms with E-state index in [0.29, 0.717) is 11.3 Å². The monoisotopic (exact) mass is 627 g/mol. The Kier molecular flexibility index (Phi) is 4.91. The Hall–Kier alpha value is -2.69. The van der Waals surface area contributed by atoms with Crippen molar-refractivity contribution < 1.29 is 23.9 Å². The summed E-state index contributed by atoms with van der Waals surface area (Å²) in [5, 5.41) is 0. The van der Waals surface area contributed by atoms with Crippen LogP contribution in [0.25, 0.3) is 0 Å². The van der Waals surface area contributed by atoms with E-state index in [1.54, 1.807) is 54.6 Å². The molecule has 8 heteroatoms. The van der Waals surface area contributed by atoms with Crippen LogP contribution in [0.1, 0.15) is 32.4 Å². The highest BCUT2D eigenvalue weighted by Crippen LogP contribution is 2.57. The van der Waals surface area contributed by atoms with E-state index in [4.69, 9.17) is 4.74 Å². The van der Waals surface area contributed by atoms with E-state index >= 15 is 0 Å². The average Bonchev–Trinajstić information content (AvgIpc) is 3.40. The second-order valence-corrected chi connectivity index (χ2v) is 10.7. The average molecular weight is 628 g/mol. The fourth-order valence-corrected chi connectivity index (χ4v) is 6.18. The summed E-state index contributed by atoms with van der Waals surface area (Å²) in [6.45, 7) is 0. The Bertz CT molecular complexity index is 1380. The van der Waals surface area contributed by atoms with Crippen LogP contribution in [0.3, 0.4) is 0 Å². The SMILES string of the molecule is O=C1[C@@H]2[C@@H](C(=O)N1c1ccc(Br)cc1)C1(O[C@H]2c2cccc(I)c2)C(=O)c2ccccc2C1=O. The topological polar surface area (TPSA) is 80.8 Å². The van der Waals surface area contributed by atoms with Gasteiger partial charge in [-0.05, 0) is 64.6 Å². The molecule has 0 bridgehead atoms. The number of halogens is 2. The highest BCUT2D eigenvalue weighted by Gasteiger charge is 2.74. The number of fused-ring (bicyclic) bond motifs is 3. The first-order chi connectivity index (χ1) is 16.3. The Morgan fingerprint density at radius 1 is 0.824 bits per heavy atom. The smallest absolute Gasteiger partial charge is 0.241 e. The standard InChI is InChI=1S/C26H15BrINO5/c27-14-8-10-16(11-9-14)29-24(32)19-20(25(29)33)26(34-21(19)13-4-3-5-15(28)12-13)22(30)17-6-1-2-7-18(17)23(26)31/h1-12,19-21H/t19-,20+,21+/m1/s1. The molecule has 0 aromatic heterocycles. The first kappa shape index (κ1) is 21.8. The third kappa shape index (κ3) is 2.82. The number of nitrogens with zero attached hydrogens (tertiary/aromatic N) is 1. The Morgan fingerprint density at radius 3 is 2.09 bits per heavy atom. The molecule has 6 rings (SSSR count). The molecule has 3 aliphatic rings. The van der Waals surface area contributed by atoms with Crippen molar-refractivity contribution in [1.29, 1.82) is 0 Å². The maximum atomic E-state index is 13.8. The molecule has 168 valence electrons. The van der Waals surface area contributed by atoms with Crippen molar-refractivity contribution in [2.24, 2.45) is 11.8 Å². The number of Topliss-reactive ketones (excluding diaryl/α,β-unsaturated/α-hetero) is 2. The lowest BCUT2D eigenvalue weighted by Gasteiger charge is -2.27. The molecule has 0 N–H and O–H groups in total. The van der Waals surface area contributed by atoms with Gasteiger partial charge < -0.3 is 4.74 Å². The normalized spacial score (nSPS) is 24.8. The molecule has 3 aromatic carbocycles. The zero-order valence-electron chi connectivity index (χ0n) is 17.4. The van der Waals surface area contributed by atoms with Gasteiger partial charge in [0.15, 0.2) is 0 Å². The summed E-state index contributed by atoms with van der Waals surface area (Å²) in [6.07, 6.45) is -0.918. The molecule has 3 atom stereocenters. The molecule has 2 amide bonds. The van der Waals surface area contributed by atoms with Crippen LogP contribution in [-0.2, 0) is 14.3 Å². The van der Waals surface area contributed by atoms with Gasteiger partial charge in [0, 0.05) is 19.2 Å². The van der Waals surface area contributed by atoms with Crippen LogP contribution in [0.2, 0.25) is 0 Å². The maximum absolute atomic E-state index is 13.8. The molecular weight excluding hydrogens is 613 g/mol. The zero-order chi connectivity index (χ0) is 23.8. The van der Waals surface area contributed by atoms with Crippen molar-refractivity contribution in [3.63, 3.8) is 0 Å². The van der Waals surface area contributed by atoms with Crippen molar-refractivity contribution in [2.45, 2.75) is 11.7 Å². The van der Waals surface area contributed by atoms with Crippen molar-refractivity contribution >= 4 is 67.6 Å². The van der Waals surface area contributed by atoms with Crippen LogP contribution in [0, 0.1) is 15.4 Å². The summed E-state index contributed by atoms with van der Waals surface area (Å²) in [6, 6.07) is 20.6. The van der Waals surface area contributed by atoms with Gasteiger partial charge in [-0.1, -0.05) is 52.3 Å². The van der Waals surface area contributed by atoms with Crippen molar-refractivity contribution in [3.8, 4) is 0 Å². The highest BCUT2D eigenvalue weighted by atomic mass is 127. The summed E-state index contributed by atoms with van der Waals surface area (Å²) < 4.78 is 7.99. The predicted octanol–water partition coefficient (Wildman–Crippen LogP) is 4.75. The van der Waals surface area contributed by atoms with E-state index in [-0.39, 0.29) is 11.1 Å². The number of carbonyl (C=O) groups is 4. The lowest BCUT2D eigenvalue weighted by atomic mass is 9.77. The van der Waals surface area contributed by atoms with Crippen molar-refractivity contribution in [2.75, 3.05) is 4.90 Å². The second kappa shape index (κ2) is 7.66. The van der Waals surface area contributed by atoms with Gasteiger partial charge in [0.25, 0.3) is 0 Å². The number of rotatable bonds is 2. The molecule has 0 saturated carbocycles. The lowest BCUT2D eigenvalue weighted by molar-refractivity contribution is -0.127. The number of ether oxygens (including phenoxy) is 1. The largest absolute Gasteiger partial charge is 0.349 e. The van der Waals surface area contributed by atoms with Crippen LogP contribution in [0.15, 0.2) is 77.3 Å². The quantitative estimate of drug-likeness (QED) is 0.233. The van der Waals surface area contributed by atoms with Gasteiger partial charge in [-0.25, -0.2) is 4.90 Å². The first-order valence-corrected chi connectivity index (χ1v) is 12.5. The first-order valence-electron chi connectivity index (χ1n) is 10.6. The minimum atomic E-state index is -2.06. The van der Waals surface area contributed by atoms with E-state index in [9.17, 15) is 19.2 Å². The van der Waals surface area contributed by atoms with Gasteiger partial charge in [0.1, 0.15) is 0 Å². The van der Waals surface area contributed by atoms with Gasteiger partial charge in [-0.15, -0.1) is 0 Å². The molecule has 2 fully saturated rings. The van der Waals surface area contributed by atoms with E-state index in [1.165, 1.54) is 0 Å². The van der Waals surface area contributed by atoms with Gasteiger partial charge in [-0.3, -0.25) is 19.2 Å². The van der Waals surface area contributed by atoms with Crippen LogP contribution in [0.4, 0.5) is 5.69 Å². The fraction of sp³-hybridized carbons (Fsp3) is 0.154. The Balaban J connectivity index is 1.55. The number of anilines is 1. The molecule has 6 nitrogen and oxygen atoms in total. The zero-order valence-corrected chi connectivity index (χ0v) is 21.1. The van der Waals surface area contributed by atoms with Crippen LogP contribution in [-0.4, -0.2) is 29.0 Å². The van der Waals surface area contributed by atoms with Crippen molar-refractivity contribution in [3.05, 3.63) is 97.5 Å². The number of hydrogen-bond donors (Lipinski definition) is 0. The van der Waals surface area contributed by atoms with E-state index in [1.807, 2.05) is 18.2 Å². The molecule has 2 heterocycles. The predicted molar refractivity (Wildman–Crippen MR) is 134 cm³/mol. The third-order valence-electron chi connectivity index (χ3n) is 6.78. The molecule has 0 unspecified atom stereocenters. The van der Waals surface area contributed by atoms with Gasteiger partial charge >= 0.3 is 0 Å². The van der Waals surface area contributed by atoms with Crippen LogP contribution < -0.4 is 4.90 Å². The molecule has 1 aliphatic carbocycles. The lowest BCUT2D eigenvalue weighted by Crippen LogP contribution is -2.51. The summed E-state index contributed by atoms with van der Waals surface area (Å²) in [7, 11) is 0. The van der Waals surface area contributed by atoms with E-state index in [0.717, 1.165) is 12.9 Å². The van der Waals surface area contributed by atoms with E-state index in [2.05, 4.69) is 38.5 Å². The van der Waals surface area contributed by atoms with Gasteiger partial charge in [-0.2, -0.15) is 0 Å². The third-order valence-corrected chi connectivity index (χ3v) is 7.98. The molecular formula is C26H15BrINO5. The van der Waals surface area contributed by atoms with Gasteiger partial charge in [0.05, 0.1) is 23.6 Å². The number of imide groups is 1. The second-order valence-electron chi connectivity index (χ2n) is 8.52. The van der Waals surface area contributed by atoms with E-state index < -0.39 is 46.9 Å². The summed E-state index contributed by atoms with van der Waals surface area (Å²) in [5.74, 6) is -4.45. The summed E-state index contributed by atoms with van der Waals surface area (Å²) >= 11 is 5.51. The van der Waals surface area contributed by atoms with Crippen LogP contribution in [0.5, 0.6) is 0 Å². The number of carbonyl (C=O) groups excluding carboxylic acids is 4. The minimum absolute atomic E-state index is 0.219. The fourth-order valence-electron chi connectivity index (χ4n) is 5.35. The molecule has 2 aliphatic heterocycles. The molecule has 2 saturated heterocycles. The van der Waals surface area contributed by atoms with Crippen molar-refractivity contribution in [1.82, 2.24) is 0 Å². The number of amides is 2. The molecule has 3 aromatic rings. The van der Waals surface area contributed by atoms with Crippen LogP contribution >= 0.6 is 38.5 Å². The Labute approximate surface area is 216 Å². The molecule has 1 spiro atoms. The molecule has 34 heavy (non-hydrogen) atoms. The Morgan fingerprint density at radius 2 is 1.47 bits per heavy atom. The number of benzene rings is 3. The number of ketones is 2. The van der Waals surface area contributed by atoms with Gasteiger partial charge in [0.2, 0.25) is 29.0 Å². The summed E-state index contributed by atoms with van der Waals surface area (Å²) in [4.78, 5) is 56.1. The molecule has 0 radical (unpaired) electrons. The highest BCUT2D eigenvalue weighted by molar-refractivity contribution is 14.1. The minimum Gasteiger partial charge on any atom is -0.349 e. The number of hydrogen-bond acceptors (Lipinski definition) is 5. The maximum Gasteiger partial charge on any atom is 0.241 e. The summed E-state index contributed by atoms with van der Waals surface area (Å²) in [5.41, 5.74) is -0.584.